The van der Waals surface area contributed by atoms with Crippen LogP contribution in [-0.4, -0.2) is 46.1 Å². The van der Waals surface area contributed by atoms with Crippen LogP contribution < -0.4 is 10.9 Å². The molecule has 1 aliphatic rings. The third-order valence-electron chi connectivity index (χ3n) is 5.93. The molecule has 31 heavy (non-hydrogen) atoms. The molecule has 166 valence electrons. The van der Waals surface area contributed by atoms with Gasteiger partial charge in [-0.15, -0.1) is 0 Å². The number of nitrogens with zero attached hydrogens (tertiary/aromatic N) is 2. The minimum atomic E-state index is -0.601. The number of hydrogen-bond acceptors (Lipinski definition) is 4. The number of carbonyl (C=O) groups is 2. The lowest BCUT2D eigenvalue weighted by Gasteiger charge is -2.30. The van der Waals surface area contributed by atoms with Gasteiger partial charge in [-0.2, -0.15) is 0 Å². The number of amides is 2. The highest BCUT2D eigenvalue weighted by molar-refractivity contribution is 5.96. The van der Waals surface area contributed by atoms with Crippen LogP contribution in [0.4, 0.5) is 4.39 Å². The van der Waals surface area contributed by atoms with E-state index < -0.39 is 29.8 Å². The van der Waals surface area contributed by atoms with Crippen LogP contribution in [0.1, 0.15) is 48.2 Å². The zero-order valence-corrected chi connectivity index (χ0v) is 17.9. The molecular formula is C23H28FN3O4. The largest absolute Gasteiger partial charge is 0.387 e. The number of fused-ring (bicyclic) bond motifs is 1. The number of rotatable bonds is 7. The number of hydrogen-bond donors (Lipinski definition) is 2. The maximum absolute atomic E-state index is 13.4. The molecule has 1 aromatic carbocycles. The fraction of sp³-hybridized carbons (Fsp3) is 0.435. The number of halogens is 1. The summed E-state index contributed by atoms with van der Waals surface area (Å²) in [6, 6.07) is 5.42. The van der Waals surface area contributed by atoms with E-state index in [1.165, 1.54) is 33.7 Å². The monoisotopic (exact) mass is 429 g/mol. The maximum Gasteiger partial charge on any atom is 0.268 e. The summed E-state index contributed by atoms with van der Waals surface area (Å²) >= 11 is 0. The number of carbonyl (C=O) groups excluding carboxylic acids is 2. The second-order valence-corrected chi connectivity index (χ2v) is 7.78. The fourth-order valence-electron chi connectivity index (χ4n) is 3.90. The Morgan fingerprint density at radius 1 is 1.19 bits per heavy atom. The van der Waals surface area contributed by atoms with Crippen molar-refractivity contribution in [3.63, 3.8) is 0 Å². The van der Waals surface area contributed by atoms with Crippen molar-refractivity contribution in [1.29, 1.82) is 0 Å². The van der Waals surface area contributed by atoms with Crippen molar-refractivity contribution in [1.82, 2.24) is 14.8 Å². The lowest BCUT2D eigenvalue weighted by atomic mass is 9.95. The molecule has 0 saturated carbocycles. The predicted octanol–water partition coefficient (Wildman–Crippen LogP) is 2.02. The summed E-state index contributed by atoms with van der Waals surface area (Å²) in [6.45, 7) is 4.48. The Morgan fingerprint density at radius 2 is 1.87 bits per heavy atom. The zero-order valence-electron chi connectivity index (χ0n) is 17.9. The van der Waals surface area contributed by atoms with Crippen LogP contribution in [0.5, 0.6) is 0 Å². The van der Waals surface area contributed by atoms with E-state index in [0.717, 1.165) is 12.8 Å². The Morgan fingerprint density at radius 3 is 2.48 bits per heavy atom. The molecule has 0 spiro atoms. The maximum atomic E-state index is 13.4. The zero-order chi connectivity index (χ0) is 22.5. The van der Waals surface area contributed by atoms with Crippen molar-refractivity contribution in [3.8, 4) is 5.69 Å². The van der Waals surface area contributed by atoms with E-state index >= 15 is 0 Å². The first kappa shape index (κ1) is 22.7. The molecule has 0 saturated heterocycles. The average Bonchev–Trinajstić information content (AvgIpc) is 2.79. The van der Waals surface area contributed by atoms with E-state index in [9.17, 15) is 23.9 Å². The molecule has 1 aromatic heterocycles. The Labute approximate surface area is 180 Å². The number of aliphatic hydroxyl groups excluding tert-OH is 1. The first-order valence-corrected chi connectivity index (χ1v) is 10.6. The van der Waals surface area contributed by atoms with Crippen molar-refractivity contribution in [2.24, 2.45) is 5.92 Å². The Hall–Kier alpha value is -3.00. The van der Waals surface area contributed by atoms with Crippen molar-refractivity contribution < 1.29 is 19.1 Å². The van der Waals surface area contributed by atoms with E-state index in [2.05, 4.69) is 19.2 Å². The van der Waals surface area contributed by atoms with E-state index in [1.54, 1.807) is 6.20 Å². The van der Waals surface area contributed by atoms with E-state index in [0.29, 0.717) is 42.2 Å². The molecule has 2 amide bonds. The van der Waals surface area contributed by atoms with Crippen LogP contribution >= 0.6 is 0 Å². The molecular weight excluding hydrogens is 401 g/mol. The molecule has 2 heterocycles. The molecule has 2 N–H and O–H groups in total. The van der Waals surface area contributed by atoms with Gasteiger partial charge < -0.3 is 15.3 Å². The summed E-state index contributed by atoms with van der Waals surface area (Å²) in [5.74, 6) is -0.963. The van der Waals surface area contributed by atoms with Crippen LogP contribution in [0.3, 0.4) is 0 Å². The third-order valence-corrected chi connectivity index (χ3v) is 5.93. The highest BCUT2D eigenvalue weighted by Crippen LogP contribution is 2.22. The number of aromatic nitrogens is 1. The van der Waals surface area contributed by atoms with Gasteiger partial charge in [0.25, 0.3) is 11.5 Å². The average molecular weight is 429 g/mol. The summed E-state index contributed by atoms with van der Waals surface area (Å²) in [7, 11) is 0. The molecule has 0 fully saturated rings. The van der Waals surface area contributed by atoms with Gasteiger partial charge in [-0.1, -0.05) is 26.7 Å². The smallest absolute Gasteiger partial charge is 0.268 e. The summed E-state index contributed by atoms with van der Waals surface area (Å²) < 4.78 is 14.7. The molecule has 3 rings (SSSR count). The number of pyridine rings is 1. The molecule has 8 heteroatoms. The van der Waals surface area contributed by atoms with Gasteiger partial charge >= 0.3 is 0 Å². The van der Waals surface area contributed by atoms with Crippen LogP contribution in [0.15, 0.2) is 35.3 Å². The summed E-state index contributed by atoms with van der Waals surface area (Å²) in [4.78, 5) is 39.9. The molecule has 0 atom stereocenters. The van der Waals surface area contributed by atoms with Crippen molar-refractivity contribution in [2.75, 3.05) is 19.7 Å². The van der Waals surface area contributed by atoms with Crippen molar-refractivity contribution >= 4 is 11.8 Å². The van der Waals surface area contributed by atoms with Gasteiger partial charge in [0, 0.05) is 31.5 Å². The first-order chi connectivity index (χ1) is 14.9. The van der Waals surface area contributed by atoms with E-state index in [4.69, 9.17) is 0 Å². The van der Waals surface area contributed by atoms with E-state index in [-0.39, 0.29) is 12.1 Å². The topological polar surface area (TPSA) is 91.6 Å². The second-order valence-electron chi connectivity index (χ2n) is 7.78. The lowest BCUT2D eigenvalue weighted by molar-refractivity contribution is -0.135. The fourth-order valence-corrected chi connectivity index (χ4v) is 3.90. The van der Waals surface area contributed by atoms with Crippen molar-refractivity contribution in [3.05, 3.63) is 63.3 Å². The van der Waals surface area contributed by atoms with Crippen LogP contribution in [0.25, 0.3) is 5.69 Å². The number of aliphatic hydroxyl groups is 1. The van der Waals surface area contributed by atoms with E-state index in [1.807, 2.05) is 0 Å². The summed E-state index contributed by atoms with van der Waals surface area (Å²) in [5.41, 5.74) is 1.28. The summed E-state index contributed by atoms with van der Waals surface area (Å²) in [6.07, 6.45) is 3.77. The molecule has 0 radical (unpaired) electrons. The Kier molecular flexibility index (Phi) is 7.22. The number of nitrogens with one attached hydrogen (secondary N) is 1. The van der Waals surface area contributed by atoms with Gasteiger partial charge in [-0.05, 0) is 47.7 Å². The van der Waals surface area contributed by atoms with Gasteiger partial charge in [0.1, 0.15) is 18.0 Å². The van der Waals surface area contributed by atoms with Gasteiger partial charge in [-0.3, -0.25) is 19.0 Å². The normalized spacial score (nSPS) is 13.3. The first-order valence-electron chi connectivity index (χ1n) is 10.6. The highest BCUT2D eigenvalue weighted by atomic mass is 19.1. The van der Waals surface area contributed by atoms with Gasteiger partial charge in [0.15, 0.2) is 0 Å². The third kappa shape index (κ3) is 4.85. The molecule has 7 nitrogen and oxygen atoms in total. The van der Waals surface area contributed by atoms with Gasteiger partial charge in [-0.25, -0.2) is 4.39 Å². The highest BCUT2D eigenvalue weighted by Gasteiger charge is 2.28. The number of benzene rings is 1. The second kappa shape index (κ2) is 9.87. The lowest BCUT2D eigenvalue weighted by Crippen LogP contribution is -2.42. The summed E-state index contributed by atoms with van der Waals surface area (Å²) in [5, 5.41) is 12.1. The van der Waals surface area contributed by atoms with Crippen LogP contribution in [0, 0.1) is 11.7 Å². The molecule has 0 aliphatic carbocycles. The Balaban J connectivity index is 2.07. The standard InChI is InChI=1S/C23H28FN3O4/c1-3-15(4-2)11-25-22(30)21-19-9-10-26(20(29)14-28)12-16(19)13-27(23(21)31)18-7-5-17(24)6-8-18/h5-8,13,15,28H,3-4,9-12,14H2,1-2H3,(H,25,30). The minimum absolute atomic E-state index is 0.0591. The van der Waals surface area contributed by atoms with Gasteiger partial charge in [0.2, 0.25) is 5.91 Å². The van der Waals surface area contributed by atoms with Gasteiger partial charge in [0.05, 0.1) is 0 Å². The minimum Gasteiger partial charge on any atom is -0.387 e. The van der Waals surface area contributed by atoms with Crippen LogP contribution in [0.2, 0.25) is 0 Å². The Bertz CT molecular complexity index is 1010. The molecule has 2 aromatic rings. The molecule has 0 bridgehead atoms. The predicted molar refractivity (Wildman–Crippen MR) is 115 cm³/mol. The SMILES string of the molecule is CCC(CC)CNC(=O)c1c2c(cn(-c3ccc(F)cc3)c1=O)CN(C(=O)CO)CC2. The van der Waals surface area contributed by atoms with Crippen molar-refractivity contribution in [2.45, 2.75) is 39.7 Å². The van der Waals surface area contributed by atoms with Crippen LogP contribution in [-0.2, 0) is 17.8 Å². The quantitative estimate of drug-likeness (QED) is 0.705. The molecule has 1 aliphatic heterocycles. The molecule has 0 unspecified atom stereocenters.